The van der Waals surface area contributed by atoms with E-state index in [9.17, 15) is 4.79 Å². The molecule has 4 aliphatic carbocycles. The zero-order chi connectivity index (χ0) is 23.1. The summed E-state index contributed by atoms with van der Waals surface area (Å²) in [6.45, 7) is 14.2. The summed E-state index contributed by atoms with van der Waals surface area (Å²) >= 11 is 0. The van der Waals surface area contributed by atoms with Crippen LogP contribution in [0.25, 0.3) is 0 Å². The van der Waals surface area contributed by atoms with E-state index in [1.165, 1.54) is 64.2 Å². The summed E-state index contributed by atoms with van der Waals surface area (Å²) < 4.78 is 5.60. The van der Waals surface area contributed by atoms with Gasteiger partial charge < -0.3 is 4.74 Å². The molecule has 0 aromatic heterocycles. The lowest BCUT2D eigenvalue weighted by atomic mass is 9.45. The number of carbonyl (C=O) groups excluding carboxylic acids is 1. The number of rotatable bonds is 6. The van der Waals surface area contributed by atoms with Crippen molar-refractivity contribution in [2.75, 3.05) is 0 Å². The van der Waals surface area contributed by atoms with Gasteiger partial charge in [-0.1, -0.05) is 53.9 Å². The Bertz CT molecular complexity index is 708. The second-order valence-electron chi connectivity index (χ2n) is 13.2. The fraction of sp³-hybridized carbons (Fsp3) is 0.900. The van der Waals surface area contributed by atoms with E-state index in [-0.39, 0.29) is 5.97 Å². The Hall–Kier alpha value is -0.790. The second kappa shape index (κ2) is 9.46. The molecule has 32 heavy (non-hydrogen) atoms. The van der Waals surface area contributed by atoms with Crippen molar-refractivity contribution >= 4 is 5.97 Å². The number of carbonyl (C=O) groups is 1. The van der Waals surface area contributed by atoms with E-state index in [1.54, 1.807) is 6.92 Å². The van der Waals surface area contributed by atoms with E-state index in [4.69, 9.17) is 4.74 Å². The maximum absolute atomic E-state index is 11.6. The first-order valence-corrected chi connectivity index (χ1v) is 14.0. The van der Waals surface area contributed by atoms with Crippen molar-refractivity contribution in [3.8, 4) is 0 Å². The summed E-state index contributed by atoms with van der Waals surface area (Å²) in [5, 5.41) is 0. The lowest BCUT2D eigenvalue weighted by Crippen LogP contribution is -2.52. The SMILES string of the molecule is CC(=O)OC1=CCC[C@@]2(C)[C@@H](CC[C@@H]3[C@H]4CC[C@H]([C@H](C)CCCC(C)C)[C@@]4(C)CC[C@H]32)C1. The summed E-state index contributed by atoms with van der Waals surface area (Å²) in [6, 6.07) is 0. The predicted molar refractivity (Wildman–Crippen MR) is 133 cm³/mol. The van der Waals surface area contributed by atoms with Gasteiger partial charge in [0.2, 0.25) is 0 Å². The second-order valence-corrected chi connectivity index (χ2v) is 13.2. The first-order valence-electron chi connectivity index (χ1n) is 14.0. The standard InChI is InChI=1S/C30H50O2/c1-20(2)9-7-10-21(3)26-14-15-27-25-13-12-23-19-24(32-22(4)31)11-8-17-29(23,5)28(25)16-18-30(26,27)6/h11,20-21,23,25-28H,7-10,12-19H2,1-6H3/t21-,23+,25-,26-,27-,28-,29+,30-/m1/s1. The highest BCUT2D eigenvalue weighted by Gasteiger charge is 2.60. The van der Waals surface area contributed by atoms with Crippen LogP contribution in [0.2, 0.25) is 0 Å². The lowest BCUT2D eigenvalue weighted by Gasteiger charge is -2.59. The smallest absolute Gasteiger partial charge is 0.307 e. The molecule has 0 aromatic carbocycles. The number of hydrogen-bond acceptors (Lipinski definition) is 2. The Morgan fingerprint density at radius 1 is 1.00 bits per heavy atom. The van der Waals surface area contributed by atoms with Crippen LogP contribution in [0.1, 0.15) is 119 Å². The molecular formula is C30H50O2. The molecular weight excluding hydrogens is 392 g/mol. The summed E-state index contributed by atoms with van der Waals surface area (Å²) in [7, 11) is 0. The molecule has 2 heteroatoms. The number of hydrogen-bond donors (Lipinski definition) is 0. The molecule has 0 amide bonds. The van der Waals surface area contributed by atoms with Gasteiger partial charge in [-0.25, -0.2) is 0 Å². The molecule has 0 saturated heterocycles. The lowest BCUT2D eigenvalue weighted by molar-refractivity contribution is -0.138. The Morgan fingerprint density at radius 3 is 2.47 bits per heavy atom. The molecule has 0 N–H and O–H groups in total. The summed E-state index contributed by atoms with van der Waals surface area (Å²) in [4.78, 5) is 11.6. The molecule has 3 fully saturated rings. The topological polar surface area (TPSA) is 26.3 Å². The number of esters is 1. The Labute approximate surface area is 198 Å². The van der Waals surface area contributed by atoms with Crippen molar-refractivity contribution in [3.63, 3.8) is 0 Å². The Morgan fingerprint density at radius 2 is 1.75 bits per heavy atom. The van der Waals surface area contributed by atoms with Gasteiger partial charge in [-0.2, -0.15) is 0 Å². The molecule has 0 aromatic rings. The minimum atomic E-state index is -0.151. The third kappa shape index (κ3) is 4.46. The van der Waals surface area contributed by atoms with Crippen LogP contribution < -0.4 is 0 Å². The summed E-state index contributed by atoms with van der Waals surface area (Å²) in [6.07, 6.45) is 18.4. The third-order valence-corrected chi connectivity index (χ3v) is 11.0. The van der Waals surface area contributed by atoms with Crippen molar-refractivity contribution in [1.82, 2.24) is 0 Å². The highest BCUT2D eigenvalue weighted by Crippen LogP contribution is 2.68. The molecule has 0 radical (unpaired) electrons. The van der Waals surface area contributed by atoms with Gasteiger partial charge >= 0.3 is 5.97 Å². The van der Waals surface area contributed by atoms with Crippen LogP contribution in [0, 0.1) is 52.3 Å². The zero-order valence-corrected chi connectivity index (χ0v) is 21.9. The van der Waals surface area contributed by atoms with Gasteiger partial charge in [-0.15, -0.1) is 0 Å². The summed E-state index contributed by atoms with van der Waals surface area (Å²) in [5.41, 5.74) is 0.997. The Balaban J connectivity index is 1.46. The largest absolute Gasteiger partial charge is 0.432 e. The molecule has 2 nitrogen and oxygen atoms in total. The molecule has 4 rings (SSSR count). The average molecular weight is 443 g/mol. The van der Waals surface area contributed by atoms with Gasteiger partial charge in [0.25, 0.3) is 0 Å². The van der Waals surface area contributed by atoms with Crippen molar-refractivity contribution in [2.45, 2.75) is 119 Å². The highest BCUT2D eigenvalue weighted by atomic mass is 16.5. The van der Waals surface area contributed by atoms with E-state index in [0.29, 0.717) is 16.7 Å². The molecule has 0 spiro atoms. The molecule has 0 heterocycles. The molecule has 4 aliphatic rings. The number of ether oxygens (including phenoxy) is 1. The van der Waals surface area contributed by atoms with E-state index >= 15 is 0 Å². The minimum Gasteiger partial charge on any atom is -0.432 e. The Kier molecular flexibility index (Phi) is 7.19. The maximum atomic E-state index is 11.6. The molecule has 8 atom stereocenters. The van der Waals surface area contributed by atoms with Crippen molar-refractivity contribution in [1.29, 1.82) is 0 Å². The predicted octanol–water partition coefficient (Wildman–Crippen LogP) is 8.55. The molecule has 3 saturated carbocycles. The minimum absolute atomic E-state index is 0.151. The number of fused-ring (bicyclic) bond motifs is 5. The zero-order valence-electron chi connectivity index (χ0n) is 21.9. The molecule has 0 unspecified atom stereocenters. The number of allylic oxidation sites excluding steroid dienone is 2. The quantitative estimate of drug-likeness (QED) is 0.385. The van der Waals surface area contributed by atoms with E-state index in [1.807, 2.05) is 0 Å². The first kappa shape index (κ1) is 24.3. The van der Waals surface area contributed by atoms with Gasteiger partial charge in [0.15, 0.2) is 0 Å². The van der Waals surface area contributed by atoms with Gasteiger partial charge in [-0.05, 0) is 110 Å². The fourth-order valence-electron chi connectivity index (χ4n) is 9.42. The van der Waals surface area contributed by atoms with Gasteiger partial charge in [0.1, 0.15) is 5.76 Å². The third-order valence-electron chi connectivity index (χ3n) is 11.0. The van der Waals surface area contributed by atoms with Crippen LogP contribution >= 0.6 is 0 Å². The normalized spacial score (nSPS) is 42.3. The highest BCUT2D eigenvalue weighted by molar-refractivity contribution is 5.67. The van der Waals surface area contributed by atoms with Crippen LogP contribution in [0.5, 0.6) is 0 Å². The van der Waals surface area contributed by atoms with Crippen LogP contribution in [0.3, 0.4) is 0 Å². The maximum Gasteiger partial charge on any atom is 0.307 e. The monoisotopic (exact) mass is 442 g/mol. The first-order chi connectivity index (χ1) is 15.1. The van der Waals surface area contributed by atoms with Gasteiger partial charge in [-0.3, -0.25) is 4.79 Å². The van der Waals surface area contributed by atoms with E-state index in [2.05, 4.69) is 40.7 Å². The van der Waals surface area contributed by atoms with Gasteiger partial charge in [0.05, 0.1) is 0 Å². The average Bonchev–Trinajstić information content (AvgIpc) is 2.97. The van der Waals surface area contributed by atoms with E-state index < -0.39 is 0 Å². The van der Waals surface area contributed by atoms with E-state index in [0.717, 1.165) is 54.1 Å². The van der Waals surface area contributed by atoms with Crippen molar-refractivity contribution in [2.24, 2.45) is 52.3 Å². The van der Waals surface area contributed by atoms with Crippen LogP contribution in [0.4, 0.5) is 0 Å². The van der Waals surface area contributed by atoms with Crippen molar-refractivity contribution < 1.29 is 9.53 Å². The van der Waals surface area contributed by atoms with Crippen LogP contribution in [-0.4, -0.2) is 5.97 Å². The molecule has 0 bridgehead atoms. The summed E-state index contributed by atoms with van der Waals surface area (Å²) in [5.74, 6) is 6.92. The van der Waals surface area contributed by atoms with Gasteiger partial charge in [0, 0.05) is 13.3 Å². The van der Waals surface area contributed by atoms with Crippen molar-refractivity contribution in [3.05, 3.63) is 11.8 Å². The molecule has 0 aliphatic heterocycles. The van der Waals surface area contributed by atoms with Crippen LogP contribution in [-0.2, 0) is 9.53 Å². The van der Waals surface area contributed by atoms with Crippen LogP contribution in [0.15, 0.2) is 11.8 Å². The molecule has 182 valence electrons. The fourth-order valence-corrected chi connectivity index (χ4v) is 9.42.